The van der Waals surface area contributed by atoms with Gasteiger partial charge >= 0.3 is 0 Å². The summed E-state index contributed by atoms with van der Waals surface area (Å²) in [5.74, 6) is 0.131. The third kappa shape index (κ3) is 2.44. The highest BCUT2D eigenvalue weighted by Gasteiger charge is 2.34. The number of rotatable bonds is 3. The summed E-state index contributed by atoms with van der Waals surface area (Å²) >= 11 is 0. The standard InChI is InChI=1S/C19H15FN2O2/c20-16-9-3-1-7-14(16)18-21-17-10-4-2-8-15(17)19(23)22(18)12-13-6-5-11-24-13/h1-11,18,21H,12H2. The second-order valence-corrected chi connectivity index (χ2v) is 5.63. The minimum Gasteiger partial charge on any atom is -0.467 e. The minimum absolute atomic E-state index is 0.158. The van der Waals surface area contributed by atoms with Crippen LogP contribution in [0.5, 0.6) is 0 Å². The van der Waals surface area contributed by atoms with E-state index in [0.717, 1.165) is 0 Å². The topological polar surface area (TPSA) is 45.5 Å². The summed E-state index contributed by atoms with van der Waals surface area (Å²) in [5, 5.41) is 3.27. The molecule has 2 heterocycles. The second kappa shape index (κ2) is 5.85. The summed E-state index contributed by atoms with van der Waals surface area (Å²) in [7, 11) is 0. The number of carbonyl (C=O) groups excluding carboxylic acids is 1. The van der Waals surface area contributed by atoms with Gasteiger partial charge < -0.3 is 14.6 Å². The fourth-order valence-electron chi connectivity index (χ4n) is 2.97. The van der Waals surface area contributed by atoms with Gasteiger partial charge in [-0.05, 0) is 30.3 Å². The zero-order chi connectivity index (χ0) is 16.5. The Kier molecular flexibility index (Phi) is 3.54. The van der Waals surface area contributed by atoms with Crippen LogP contribution in [0.25, 0.3) is 0 Å². The number of benzene rings is 2. The fourth-order valence-corrected chi connectivity index (χ4v) is 2.97. The number of hydrogen-bond donors (Lipinski definition) is 1. The van der Waals surface area contributed by atoms with Gasteiger partial charge in [-0.3, -0.25) is 4.79 Å². The summed E-state index contributed by atoms with van der Waals surface area (Å²) in [6, 6.07) is 17.3. The van der Waals surface area contributed by atoms with E-state index in [-0.39, 0.29) is 18.3 Å². The van der Waals surface area contributed by atoms with Gasteiger partial charge in [0.05, 0.1) is 18.4 Å². The van der Waals surface area contributed by atoms with Gasteiger partial charge in [-0.25, -0.2) is 4.39 Å². The molecule has 0 bridgehead atoms. The average molecular weight is 322 g/mol. The van der Waals surface area contributed by atoms with Crippen LogP contribution in [-0.4, -0.2) is 10.8 Å². The maximum absolute atomic E-state index is 14.3. The van der Waals surface area contributed by atoms with Gasteiger partial charge in [0.15, 0.2) is 0 Å². The van der Waals surface area contributed by atoms with Crippen LogP contribution in [0.15, 0.2) is 71.3 Å². The van der Waals surface area contributed by atoms with Crippen molar-refractivity contribution < 1.29 is 13.6 Å². The number of nitrogens with one attached hydrogen (secondary N) is 1. The molecule has 5 heteroatoms. The second-order valence-electron chi connectivity index (χ2n) is 5.63. The van der Waals surface area contributed by atoms with Crippen LogP contribution in [0.4, 0.5) is 10.1 Å². The van der Waals surface area contributed by atoms with Crippen molar-refractivity contribution in [2.45, 2.75) is 12.7 Å². The summed E-state index contributed by atoms with van der Waals surface area (Å²) in [5.41, 5.74) is 1.69. The van der Waals surface area contributed by atoms with E-state index in [9.17, 15) is 9.18 Å². The number of fused-ring (bicyclic) bond motifs is 1. The highest BCUT2D eigenvalue weighted by molar-refractivity contribution is 6.01. The Morgan fingerprint density at radius 1 is 1.04 bits per heavy atom. The lowest BCUT2D eigenvalue weighted by atomic mass is 10.0. The number of nitrogens with zero attached hydrogens (tertiary/aromatic N) is 1. The van der Waals surface area contributed by atoms with Crippen LogP contribution >= 0.6 is 0 Å². The minimum atomic E-state index is -0.598. The van der Waals surface area contributed by atoms with Gasteiger partial charge in [-0.15, -0.1) is 0 Å². The van der Waals surface area contributed by atoms with Crippen LogP contribution in [0.3, 0.4) is 0 Å². The van der Waals surface area contributed by atoms with Gasteiger partial charge in [0.1, 0.15) is 17.7 Å². The van der Waals surface area contributed by atoms with Crippen LogP contribution in [0, 0.1) is 5.82 Å². The van der Waals surface area contributed by atoms with Crippen molar-refractivity contribution in [3.8, 4) is 0 Å². The third-order valence-corrected chi connectivity index (χ3v) is 4.13. The van der Waals surface area contributed by atoms with Gasteiger partial charge in [0.25, 0.3) is 5.91 Å². The number of furan rings is 1. The largest absolute Gasteiger partial charge is 0.467 e. The van der Waals surface area contributed by atoms with E-state index < -0.39 is 6.17 Å². The first kappa shape index (κ1) is 14.5. The first-order valence-electron chi connectivity index (χ1n) is 7.67. The number of anilines is 1. The number of hydrogen-bond acceptors (Lipinski definition) is 3. The summed E-state index contributed by atoms with van der Waals surface area (Å²) < 4.78 is 19.7. The van der Waals surface area contributed by atoms with E-state index >= 15 is 0 Å². The maximum atomic E-state index is 14.3. The summed E-state index contributed by atoms with van der Waals surface area (Å²) in [6.07, 6.45) is 0.960. The summed E-state index contributed by atoms with van der Waals surface area (Å²) in [6.45, 7) is 0.256. The predicted molar refractivity (Wildman–Crippen MR) is 87.8 cm³/mol. The van der Waals surface area contributed by atoms with E-state index in [0.29, 0.717) is 22.6 Å². The van der Waals surface area contributed by atoms with Crippen LogP contribution < -0.4 is 5.32 Å². The van der Waals surface area contributed by atoms with Crippen LogP contribution in [0.1, 0.15) is 27.8 Å². The molecule has 24 heavy (non-hydrogen) atoms. The fraction of sp³-hybridized carbons (Fsp3) is 0.105. The number of halogens is 1. The lowest BCUT2D eigenvalue weighted by Gasteiger charge is -2.37. The zero-order valence-electron chi connectivity index (χ0n) is 12.8. The van der Waals surface area contributed by atoms with Crippen molar-refractivity contribution in [2.75, 3.05) is 5.32 Å². The first-order valence-corrected chi connectivity index (χ1v) is 7.67. The SMILES string of the molecule is O=C1c2ccccc2NC(c2ccccc2F)N1Cc1ccco1. The molecule has 4 rings (SSSR count). The van der Waals surface area contributed by atoms with Crippen LogP contribution in [0.2, 0.25) is 0 Å². The smallest absolute Gasteiger partial charge is 0.258 e. The van der Waals surface area contributed by atoms with E-state index in [1.54, 1.807) is 47.6 Å². The van der Waals surface area contributed by atoms with Gasteiger partial charge in [-0.1, -0.05) is 30.3 Å². The molecule has 1 aromatic heterocycles. The van der Waals surface area contributed by atoms with Crippen molar-refractivity contribution >= 4 is 11.6 Å². The van der Waals surface area contributed by atoms with E-state index in [2.05, 4.69) is 5.32 Å². The molecule has 1 amide bonds. The Balaban J connectivity index is 1.79. The van der Waals surface area contributed by atoms with Gasteiger partial charge in [0, 0.05) is 11.3 Å². The zero-order valence-corrected chi connectivity index (χ0v) is 12.8. The summed E-state index contributed by atoms with van der Waals surface area (Å²) in [4.78, 5) is 14.5. The Morgan fingerprint density at radius 2 is 1.83 bits per heavy atom. The molecule has 120 valence electrons. The van der Waals surface area contributed by atoms with E-state index in [1.807, 2.05) is 18.2 Å². The molecule has 1 unspecified atom stereocenters. The van der Waals surface area contributed by atoms with Crippen molar-refractivity contribution in [1.29, 1.82) is 0 Å². The molecule has 3 aromatic rings. The quantitative estimate of drug-likeness (QED) is 0.786. The molecule has 0 aliphatic carbocycles. The average Bonchev–Trinajstić information content (AvgIpc) is 3.11. The Bertz CT molecular complexity index is 877. The molecule has 1 N–H and O–H groups in total. The van der Waals surface area contributed by atoms with Crippen molar-refractivity contribution in [1.82, 2.24) is 4.90 Å². The molecule has 0 saturated heterocycles. The Hall–Kier alpha value is -3.08. The lowest BCUT2D eigenvalue weighted by Crippen LogP contribution is -2.42. The number of carbonyl (C=O) groups is 1. The van der Waals surface area contributed by atoms with Crippen molar-refractivity contribution in [2.24, 2.45) is 0 Å². The van der Waals surface area contributed by atoms with Crippen molar-refractivity contribution in [3.05, 3.63) is 89.6 Å². The van der Waals surface area contributed by atoms with Crippen LogP contribution in [-0.2, 0) is 6.54 Å². The van der Waals surface area contributed by atoms with Gasteiger partial charge in [0.2, 0.25) is 0 Å². The Labute approximate surface area is 138 Å². The van der Waals surface area contributed by atoms with Crippen molar-refractivity contribution in [3.63, 3.8) is 0 Å². The Morgan fingerprint density at radius 3 is 2.62 bits per heavy atom. The molecule has 1 atom stereocenters. The van der Waals surface area contributed by atoms with E-state index in [4.69, 9.17) is 4.42 Å². The molecular weight excluding hydrogens is 307 g/mol. The molecule has 1 aliphatic heterocycles. The molecule has 1 aliphatic rings. The molecule has 0 saturated carbocycles. The predicted octanol–water partition coefficient (Wildman–Crippen LogP) is 4.19. The highest BCUT2D eigenvalue weighted by Crippen LogP contribution is 2.34. The molecule has 0 fully saturated rings. The molecule has 2 aromatic carbocycles. The van der Waals surface area contributed by atoms with E-state index in [1.165, 1.54) is 6.07 Å². The third-order valence-electron chi connectivity index (χ3n) is 4.13. The molecule has 4 nitrogen and oxygen atoms in total. The number of amides is 1. The molecule has 0 radical (unpaired) electrons. The normalized spacial score (nSPS) is 16.6. The monoisotopic (exact) mass is 322 g/mol. The lowest BCUT2D eigenvalue weighted by molar-refractivity contribution is 0.0648. The van der Waals surface area contributed by atoms with Gasteiger partial charge in [-0.2, -0.15) is 0 Å². The number of para-hydroxylation sites is 1. The highest BCUT2D eigenvalue weighted by atomic mass is 19.1. The maximum Gasteiger partial charge on any atom is 0.258 e. The first-order chi connectivity index (χ1) is 11.7. The molecular formula is C19H15FN2O2. The molecule has 0 spiro atoms.